The topological polar surface area (TPSA) is 81.2 Å². The molecule has 1 atom stereocenters. The first-order valence-corrected chi connectivity index (χ1v) is 7.08. The summed E-state index contributed by atoms with van der Waals surface area (Å²) in [4.78, 5) is 15.9. The van der Waals surface area contributed by atoms with E-state index in [1.807, 2.05) is 38.1 Å². The highest BCUT2D eigenvalue weighted by atomic mass is 16.3. The van der Waals surface area contributed by atoms with Crippen LogP contribution in [0.3, 0.4) is 0 Å². The number of aromatic nitrogens is 1. The summed E-state index contributed by atoms with van der Waals surface area (Å²) in [6.45, 7) is 4.38. The number of oxazole rings is 1. The van der Waals surface area contributed by atoms with Crippen LogP contribution in [-0.4, -0.2) is 23.5 Å². The Morgan fingerprint density at radius 3 is 2.76 bits per heavy atom. The number of nitrogens with one attached hydrogen (secondary N) is 1. The Morgan fingerprint density at radius 1 is 1.38 bits per heavy atom. The SMILES string of the molecule is Cc1ccc(-c2nc(CCNC(=O)CC(C)N)co2)cc1. The van der Waals surface area contributed by atoms with Crippen LogP contribution in [0, 0.1) is 6.92 Å². The maximum atomic E-state index is 11.5. The lowest BCUT2D eigenvalue weighted by Gasteiger charge is -2.05. The molecule has 0 spiro atoms. The van der Waals surface area contributed by atoms with Crippen LogP contribution < -0.4 is 11.1 Å². The number of amides is 1. The van der Waals surface area contributed by atoms with Crippen molar-refractivity contribution >= 4 is 5.91 Å². The van der Waals surface area contributed by atoms with Gasteiger partial charge in [-0.2, -0.15) is 0 Å². The van der Waals surface area contributed by atoms with Gasteiger partial charge in [-0.15, -0.1) is 0 Å². The molecule has 0 aliphatic rings. The van der Waals surface area contributed by atoms with Gasteiger partial charge in [-0.1, -0.05) is 17.7 Å². The smallest absolute Gasteiger partial charge is 0.226 e. The van der Waals surface area contributed by atoms with E-state index in [0.717, 1.165) is 11.3 Å². The first-order valence-electron chi connectivity index (χ1n) is 7.08. The molecule has 0 fully saturated rings. The van der Waals surface area contributed by atoms with E-state index in [1.165, 1.54) is 5.56 Å². The molecular weight excluding hydrogens is 266 g/mol. The van der Waals surface area contributed by atoms with Gasteiger partial charge in [0.25, 0.3) is 0 Å². The molecule has 2 rings (SSSR count). The lowest BCUT2D eigenvalue weighted by molar-refractivity contribution is -0.121. The molecule has 1 aromatic carbocycles. The summed E-state index contributed by atoms with van der Waals surface area (Å²) in [5.74, 6) is 0.569. The van der Waals surface area contributed by atoms with E-state index in [4.69, 9.17) is 10.2 Å². The van der Waals surface area contributed by atoms with E-state index >= 15 is 0 Å². The predicted molar refractivity (Wildman–Crippen MR) is 81.7 cm³/mol. The van der Waals surface area contributed by atoms with Crippen molar-refractivity contribution in [3.05, 3.63) is 41.8 Å². The second-order valence-electron chi connectivity index (χ2n) is 5.29. The van der Waals surface area contributed by atoms with Crippen LogP contribution in [0.4, 0.5) is 0 Å². The van der Waals surface area contributed by atoms with E-state index in [2.05, 4.69) is 10.3 Å². The minimum absolute atomic E-state index is 0.0350. The number of hydrogen-bond donors (Lipinski definition) is 2. The maximum absolute atomic E-state index is 11.5. The van der Waals surface area contributed by atoms with Crippen LogP contribution in [0.2, 0.25) is 0 Å². The third kappa shape index (κ3) is 4.72. The average Bonchev–Trinajstić information content (AvgIpc) is 2.87. The second kappa shape index (κ2) is 7.04. The molecule has 0 bridgehead atoms. The number of benzene rings is 1. The Bertz CT molecular complexity index is 588. The van der Waals surface area contributed by atoms with E-state index < -0.39 is 0 Å². The van der Waals surface area contributed by atoms with E-state index in [1.54, 1.807) is 6.26 Å². The van der Waals surface area contributed by atoms with Gasteiger partial charge in [-0.25, -0.2) is 4.98 Å². The Hall–Kier alpha value is -2.14. The number of aryl methyl sites for hydroxylation is 1. The summed E-state index contributed by atoms with van der Waals surface area (Å²) in [6, 6.07) is 7.89. The Morgan fingerprint density at radius 2 is 2.10 bits per heavy atom. The first-order chi connectivity index (χ1) is 10.0. The van der Waals surface area contributed by atoms with Gasteiger partial charge in [0.1, 0.15) is 6.26 Å². The van der Waals surface area contributed by atoms with E-state index in [-0.39, 0.29) is 11.9 Å². The normalized spacial score (nSPS) is 12.1. The van der Waals surface area contributed by atoms with Crippen LogP contribution in [0.5, 0.6) is 0 Å². The van der Waals surface area contributed by atoms with Crippen LogP contribution in [0.1, 0.15) is 24.6 Å². The predicted octanol–water partition coefficient (Wildman–Crippen LogP) is 2.05. The van der Waals surface area contributed by atoms with Crippen LogP contribution in [0.15, 0.2) is 34.9 Å². The van der Waals surface area contributed by atoms with Crippen molar-refractivity contribution in [2.45, 2.75) is 32.7 Å². The molecule has 2 aromatic rings. The number of rotatable bonds is 6. The average molecular weight is 287 g/mol. The molecule has 5 nitrogen and oxygen atoms in total. The highest BCUT2D eigenvalue weighted by Crippen LogP contribution is 2.19. The van der Waals surface area contributed by atoms with E-state index in [0.29, 0.717) is 25.3 Å². The zero-order valence-corrected chi connectivity index (χ0v) is 12.4. The van der Waals surface area contributed by atoms with Gasteiger partial charge in [-0.3, -0.25) is 4.79 Å². The minimum atomic E-state index is -0.120. The molecular formula is C16H21N3O2. The number of nitrogens with zero attached hydrogens (tertiary/aromatic N) is 1. The molecule has 21 heavy (non-hydrogen) atoms. The van der Waals surface area contributed by atoms with Gasteiger partial charge in [0.2, 0.25) is 11.8 Å². The molecule has 1 aromatic heterocycles. The second-order valence-corrected chi connectivity index (χ2v) is 5.29. The third-order valence-corrected chi connectivity index (χ3v) is 3.06. The molecule has 112 valence electrons. The summed E-state index contributed by atoms with van der Waals surface area (Å²) in [5, 5.41) is 2.82. The van der Waals surface area contributed by atoms with Crippen LogP contribution in [0.25, 0.3) is 11.5 Å². The van der Waals surface area contributed by atoms with Crippen molar-refractivity contribution in [1.29, 1.82) is 0 Å². The maximum Gasteiger partial charge on any atom is 0.226 e. The molecule has 0 aliphatic heterocycles. The fourth-order valence-corrected chi connectivity index (χ4v) is 1.95. The molecule has 0 saturated carbocycles. The Labute approximate surface area is 124 Å². The first kappa shape index (κ1) is 15.3. The number of carbonyl (C=O) groups is 1. The summed E-state index contributed by atoms with van der Waals surface area (Å²) >= 11 is 0. The van der Waals surface area contributed by atoms with Gasteiger partial charge in [0, 0.05) is 31.0 Å². The largest absolute Gasteiger partial charge is 0.444 e. The lowest BCUT2D eigenvalue weighted by atomic mass is 10.1. The fraction of sp³-hybridized carbons (Fsp3) is 0.375. The van der Waals surface area contributed by atoms with E-state index in [9.17, 15) is 4.79 Å². The molecule has 1 heterocycles. The summed E-state index contributed by atoms with van der Waals surface area (Å²) < 4.78 is 5.47. The third-order valence-electron chi connectivity index (χ3n) is 3.06. The van der Waals surface area contributed by atoms with Gasteiger partial charge in [-0.05, 0) is 26.0 Å². The molecule has 1 unspecified atom stereocenters. The number of nitrogens with two attached hydrogens (primary N) is 1. The number of hydrogen-bond acceptors (Lipinski definition) is 4. The minimum Gasteiger partial charge on any atom is -0.444 e. The van der Waals surface area contributed by atoms with Crippen molar-refractivity contribution in [2.75, 3.05) is 6.54 Å². The Balaban J connectivity index is 1.86. The Kier molecular flexibility index (Phi) is 5.11. The molecule has 5 heteroatoms. The molecule has 0 radical (unpaired) electrons. The summed E-state index contributed by atoms with van der Waals surface area (Å²) in [5.41, 5.74) is 8.54. The zero-order chi connectivity index (χ0) is 15.2. The lowest BCUT2D eigenvalue weighted by Crippen LogP contribution is -2.31. The fourth-order valence-electron chi connectivity index (χ4n) is 1.95. The number of carbonyl (C=O) groups excluding carboxylic acids is 1. The molecule has 3 N–H and O–H groups in total. The quantitative estimate of drug-likeness (QED) is 0.852. The van der Waals surface area contributed by atoms with Crippen LogP contribution in [-0.2, 0) is 11.2 Å². The highest BCUT2D eigenvalue weighted by Gasteiger charge is 2.08. The van der Waals surface area contributed by atoms with Crippen molar-refractivity contribution in [3.8, 4) is 11.5 Å². The standard InChI is InChI=1S/C16H21N3O2/c1-11-3-5-13(6-4-11)16-19-14(10-21-16)7-8-18-15(20)9-12(2)17/h3-6,10,12H,7-9,17H2,1-2H3,(H,18,20). The van der Waals surface area contributed by atoms with Crippen molar-refractivity contribution in [3.63, 3.8) is 0 Å². The molecule has 0 saturated heterocycles. The van der Waals surface area contributed by atoms with Crippen molar-refractivity contribution in [1.82, 2.24) is 10.3 Å². The van der Waals surface area contributed by atoms with Gasteiger partial charge >= 0.3 is 0 Å². The van der Waals surface area contributed by atoms with Crippen molar-refractivity contribution in [2.24, 2.45) is 5.73 Å². The molecule has 1 amide bonds. The summed E-state index contributed by atoms with van der Waals surface area (Å²) in [7, 11) is 0. The molecule has 0 aliphatic carbocycles. The monoisotopic (exact) mass is 287 g/mol. The van der Waals surface area contributed by atoms with Gasteiger partial charge in [0.15, 0.2) is 0 Å². The zero-order valence-electron chi connectivity index (χ0n) is 12.4. The highest BCUT2D eigenvalue weighted by molar-refractivity contribution is 5.76. The van der Waals surface area contributed by atoms with Gasteiger partial charge < -0.3 is 15.5 Å². The van der Waals surface area contributed by atoms with Gasteiger partial charge in [0.05, 0.1) is 5.69 Å². The summed E-state index contributed by atoms with van der Waals surface area (Å²) in [6.07, 6.45) is 2.61. The van der Waals surface area contributed by atoms with Crippen LogP contribution >= 0.6 is 0 Å². The van der Waals surface area contributed by atoms with Crippen molar-refractivity contribution < 1.29 is 9.21 Å².